The molecule has 2 rings (SSSR count). The van der Waals surface area contributed by atoms with Crippen molar-refractivity contribution in [2.45, 2.75) is 52.1 Å². The second-order valence-corrected chi connectivity index (χ2v) is 7.93. The van der Waals surface area contributed by atoms with Crippen molar-refractivity contribution in [3.63, 3.8) is 0 Å². The van der Waals surface area contributed by atoms with E-state index in [0.717, 1.165) is 6.07 Å². The molecule has 0 bridgehead atoms. The Labute approximate surface area is 172 Å². The molecule has 1 N–H and O–H groups in total. The number of nitrogens with one attached hydrogen (secondary N) is 1. The van der Waals surface area contributed by atoms with Crippen LogP contribution in [0.5, 0.6) is 5.75 Å². The van der Waals surface area contributed by atoms with Gasteiger partial charge in [0.25, 0.3) is 0 Å². The molecule has 0 aliphatic carbocycles. The van der Waals surface area contributed by atoms with E-state index in [2.05, 4.69) is 14.9 Å². The largest absolute Gasteiger partial charge is 0.573 e. The second-order valence-electron chi connectivity index (χ2n) is 7.93. The second kappa shape index (κ2) is 9.24. The van der Waals surface area contributed by atoms with E-state index in [1.54, 1.807) is 20.8 Å². The van der Waals surface area contributed by atoms with Crippen molar-refractivity contribution in [1.82, 2.24) is 10.2 Å². The molecule has 0 saturated carbocycles. The first kappa shape index (κ1) is 23.3. The van der Waals surface area contributed by atoms with Crippen LogP contribution in [0.25, 0.3) is 4.85 Å². The highest BCUT2D eigenvalue weighted by molar-refractivity contribution is 5.80. The van der Waals surface area contributed by atoms with E-state index in [-0.39, 0.29) is 30.2 Å². The van der Waals surface area contributed by atoms with Gasteiger partial charge in [-0.2, -0.15) is 0 Å². The first-order valence-corrected chi connectivity index (χ1v) is 9.40. The van der Waals surface area contributed by atoms with Gasteiger partial charge in [0.2, 0.25) is 5.91 Å². The van der Waals surface area contributed by atoms with Gasteiger partial charge < -0.3 is 19.7 Å². The molecule has 7 nitrogen and oxygen atoms in total. The lowest BCUT2D eigenvalue weighted by atomic mass is 9.97. The van der Waals surface area contributed by atoms with Crippen molar-refractivity contribution in [2.75, 3.05) is 13.1 Å². The molecule has 0 spiro atoms. The molecule has 30 heavy (non-hydrogen) atoms. The van der Waals surface area contributed by atoms with E-state index >= 15 is 0 Å². The topological polar surface area (TPSA) is 72.2 Å². The van der Waals surface area contributed by atoms with Crippen LogP contribution in [0.3, 0.4) is 0 Å². The van der Waals surface area contributed by atoms with Gasteiger partial charge in [0.05, 0.1) is 12.5 Å². The average molecular weight is 427 g/mol. The SMILES string of the molecule is [C-]#[N+]c1ccc(CNC(=O)[C@@H]2CCCN(C(=O)OC(C)(C)C)C2)c(OC(F)(F)F)c1. The Kier molecular flexibility index (Phi) is 7.18. The van der Waals surface area contributed by atoms with E-state index in [1.165, 1.54) is 17.0 Å². The lowest BCUT2D eigenvalue weighted by Crippen LogP contribution is -2.46. The van der Waals surface area contributed by atoms with Gasteiger partial charge in [0.15, 0.2) is 5.69 Å². The zero-order chi connectivity index (χ0) is 22.5. The van der Waals surface area contributed by atoms with Gasteiger partial charge in [0.1, 0.15) is 11.4 Å². The van der Waals surface area contributed by atoms with Gasteiger partial charge in [-0.25, -0.2) is 9.64 Å². The van der Waals surface area contributed by atoms with Crippen LogP contribution in [0, 0.1) is 12.5 Å². The number of benzene rings is 1. The highest BCUT2D eigenvalue weighted by atomic mass is 19.4. The van der Waals surface area contributed by atoms with Crippen molar-refractivity contribution in [2.24, 2.45) is 5.92 Å². The monoisotopic (exact) mass is 427 g/mol. The van der Waals surface area contributed by atoms with Crippen LogP contribution >= 0.6 is 0 Å². The van der Waals surface area contributed by atoms with Gasteiger partial charge in [-0.05, 0) is 39.7 Å². The molecule has 2 amide bonds. The van der Waals surface area contributed by atoms with E-state index < -0.39 is 29.7 Å². The van der Waals surface area contributed by atoms with Crippen molar-refractivity contribution < 1.29 is 32.2 Å². The molecular weight excluding hydrogens is 403 g/mol. The van der Waals surface area contributed by atoms with Crippen LogP contribution in [0.4, 0.5) is 23.7 Å². The van der Waals surface area contributed by atoms with Gasteiger partial charge in [-0.1, -0.05) is 12.1 Å². The summed E-state index contributed by atoms with van der Waals surface area (Å²) in [6.07, 6.45) is -4.26. The molecule has 1 fully saturated rings. The number of amides is 2. The fourth-order valence-electron chi connectivity index (χ4n) is 2.99. The lowest BCUT2D eigenvalue weighted by Gasteiger charge is -2.33. The number of piperidine rings is 1. The zero-order valence-corrected chi connectivity index (χ0v) is 17.0. The molecule has 1 aromatic rings. The van der Waals surface area contributed by atoms with Crippen LogP contribution in [-0.4, -0.2) is 42.0 Å². The van der Waals surface area contributed by atoms with Crippen molar-refractivity contribution in [1.29, 1.82) is 0 Å². The number of likely N-dealkylation sites (tertiary alicyclic amines) is 1. The maximum absolute atomic E-state index is 12.6. The van der Waals surface area contributed by atoms with E-state index in [0.29, 0.717) is 19.4 Å². The number of carbonyl (C=O) groups excluding carboxylic acids is 2. The smallest absolute Gasteiger partial charge is 0.444 e. The third-order valence-electron chi connectivity index (χ3n) is 4.30. The van der Waals surface area contributed by atoms with Crippen LogP contribution in [-0.2, 0) is 16.1 Å². The summed E-state index contributed by atoms with van der Waals surface area (Å²) < 4.78 is 47.2. The van der Waals surface area contributed by atoms with Crippen molar-refractivity contribution >= 4 is 17.7 Å². The molecule has 164 valence electrons. The van der Waals surface area contributed by atoms with Crippen LogP contribution in [0.15, 0.2) is 18.2 Å². The summed E-state index contributed by atoms with van der Waals surface area (Å²) in [4.78, 5) is 29.3. The highest BCUT2D eigenvalue weighted by Crippen LogP contribution is 2.30. The summed E-state index contributed by atoms with van der Waals surface area (Å²) in [5.41, 5.74) is -0.573. The average Bonchev–Trinajstić information content (AvgIpc) is 2.64. The summed E-state index contributed by atoms with van der Waals surface area (Å²) in [5, 5.41) is 2.60. The van der Waals surface area contributed by atoms with E-state index in [9.17, 15) is 22.8 Å². The molecule has 0 unspecified atom stereocenters. The van der Waals surface area contributed by atoms with E-state index in [1.807, 2.05) is 0 Å². The molecule has 1 aliphatic rings. The Morgan fingerprint density at radius 1 is 1.30 bits per heavy atom. The molecule has 0 radical (unpaired) electrons. The molecule has 1 heterocycles. The number of alkyl halides is 3. The third kappa shape index (κ3) is 7.13. The van der Waals surface area contributed by atoms with Gasteiger partial charge in [0, 0.05) is 25.2 Å². The predicted octanol–water partition coefficient (Wildman–Crippen LogP) is 4.40. The van der Waals surface area contributed by atoms with Crippen molar-refractivity contribution in [3.8, 4) is 5.75 Å². The van der Waals surface area contributed by atoms with Crippen molar-refractivity contribution in [3.05, 3.63) is 35.2 Å². The highest BCUT2D eigenvalue weighted by Gasteiger charge is 2.33. The number of halogens is 3. The lowest BCUT2D eigenvalue weighted by molar-refractivity contribution is -0.274. The number of rotatable bonds is 4. The van der Waals surface area contributed by atoms with Gasteiger partial charge in [-0.15, -0.1) is 13.2 Å². The number of hydrogen-bond donors (Lipinski definition) is 1. The molecular formula is C20H24F3N3O4. The number of ether oxygens (including phenoxy) is 2. The Bertz CT molecular complexity index is 828. The quantitative estimate of drug-likeness (QED) is 0.723. The Morgan fingerprint density at radius 2 is 2.00 bits per heavy atom. The first-order chi connectivity index (χ1) is 13.9. The fourth-order valence-corrected chi connectivity index (χ4v) is 2.99. The Hall–Kier alpha value is -2.96. The van der Waals surface area contributed by atoms with Gasteiger partial charge >= 0.3 is 12.5 Å². The number of hydrogen-bond acceptors (Lipinski definition) is 4. The summed E-state index contributed by atoms with van der Waals surface area (Å²) in [6, 6.07) is 3.64. The molecule has 1 saturated heterocycles. The van der Waals surface area contributed by atoms with Crippen LogP contribution in [0.2, 0.25) is 0 Å². The van der Waals surface area contributed by atoms with Gasteiger partial charge in [-0.3, -0.25) is 4.79 Å². The maximum atomic E-state index is 12.6. The molecule has 10 heteroatoms. The minimum Gasteiger partial charge on any atom is -0.444 e. The number of carbonyl (C=O) groups is 2. The van der Waals surface area contributed by atoms with Crippen LogP contribution < -0.4 is 10.1 Å². The Balaban J connectivity index is 2.01. The molecule has 0 aromatic heterocycles. The minimum atomic E-state index is -4.92. The standard InChI is InChI=1S/C20H24F3N3O4/c1-19(2,3)30-18(28)26-9-5-6-14(12-26)17(27)25-11-13-7-8-15(24-4)10-16(13)29-20(21,22)23/h7-8,10,14H,5-6,9,11-12H2,1-3H3,(H,25,27)/t14-/m1/s1. The summed E-state index contributed by atoms with van der Waals surface area (Å²) in [6.45, 7) is 12.6. The summed E-state index contributed by atoms with van der Waals surface area (Å²) >= 11 is 0. The van der Waals surface area contributed by atoms with E-state index in [4.69, 9.17) is 11.3 Å². The fraction of sp³-hybridized carbons (Fsp3) is 0.550. The third-order valence-corrected chi connectivity index (χ3v) is 4.30. The Morgan fingerprint density at radius 3 is 2.60 bits per heavy atom. The normalized spacial score (nSPS) is 17.1. The molecule has 1 aromatic carbocycles. The number of nitrogens with zero attached hydrogens (tertiary/aromatic N) is 2. The minimum absolute atomic E-state index is 0.00962. The van der Waals surface area contributed by atoms with Crippen LogP contribution in [0.1, 0.15) is 39.2 Å². The summed E-state index contributed by atoms with van der Waals surface area (Å²) in [7, 11) is 0. The first-order valence-electron chi connectivity index (χ1n) is 9.40. The summed E-state index contributed by atoms with van der Waals surface area (Å²) in [5.74, 6) is -1.41. The zero-order valence-electron chi connectivity index (χ0n) is 17.0. The predicted molar refractivity (Wildman–Crippen MR) is 102 cm³/mol. The molecule has 1 aliphatic heterocycles. The maximum Gasteiger partial charge on any atom is 0.573 e. The molecule has 1 atom stereocenters.